The molecule has 0 radical (unpaired) electrons. The maximum absolute atomic E-state index is 12.9. The topological polar surface area (TPSA) is 107 Å². The van der Waals surface area contributed by atoms with Gasteiger partial charge in [0.2, 0.25) is 0 Å². The van der Waals surface area contributed by atoms with E-state index in [2.05, 4.69) is 10.3 Å². The molecule has 3 rings (SSSR count). The molecule has 9 heteroatoms. The first-order valence-corrected chi connectivity index (χ1v) is 9.41. The quantitative estimate of drug-likeness (QED) is 0.541. The molecular formula is C22H19ClN2O6. The van der Waals surface area contributed by atoms with Gasteiger partial charge in [-0.25, -0.2) is 9.78 Å². The summed E-state index contributed by atoms with van der Waals surface area (Å²) in [6, 6.07) is 10.9. The van der Waals surface area contributed by atoms with Crippen molar-refractivity contribution < 1.29 is 28.9 Å². The summed E-state index contributed by atoms with van der Waals surface area (Å²) in [7, 11) is 3.04. The maximum Gasteiger partial charge on any atom is 0.354 e. The Balaban J connectivity index is 1.93. The highest BCUT2D eigenvalue weighted by Crippen LogP contribution is 2.37. The minimum absolute atomic E-state index is 0.132. The number of halogens is 1. The molecule has 0 unspecified atom stereocenters. The smallest absolute Gasteiger partial charge is 0.354 e. The molecule has 8 nitrogen and oxygen atoms in total. The van der Waals surface area contributed by atoms with Gasteiger partial charge in [-0.1, -0.05) is 11.6 Å². The van der Waals surface area contributed by atoms with Crippen molar-refractivity contribution in [3.63, 3.8) is 0 Å². The van der Waals surface area contributed by atoms with Crippen LogP contribution in [-0.2, 0) is 0 Å². The molecule has 160 valence electrons. The van der Waals surface area contributed by atoms with E-state index in [4.69, 9.17) is 30.9 Å². The number of aromatic carboxylic acids is 1. The Morgan fingerprint density at radius 1 is 1.00 bits per heavy atom. The van der Waals surface area contributed by atoms with E-state index in [0.29, 0.717) is 33.5 Å². The van der Waals surface area contributed by atoms with Crippen LogP contribution in [0.4, 0.5) is 5.69 Å². The number of anilines is 1. The Bertz CT molecular complexity index is 1130. The Morgan fingerprint density at radius 3 is 2.39 bits per heavy atom. The first-order chi connectivity index (χ1) is 14.8. The zero-order valence-electron chi connectivity index (χ0n) is 16.9. The van der Waals surface area contributed by atoms with Crippen LogP contribution in [0.3, 0.4) is 0 Å². The normalized spacial score (nSPS) is 10.3. The number of nitrogens with one attached hydrogen (secondary N) is 1. The van der Waals surface area contributed by atoms with Crippen molar-refractivity contribution in [2.75, 3.05) is 19.5 Å². The minimum Gasteiger partial charge on any atom is -0.497 e. The van der Waals surface area contributed by atoms with Gasteiger partial charge in [0.05, 0.1) is 31.7 Å². The van der Waals surface area contributed by atoms with Crippen LogP contribution in [0.2, 0.25) is 5.02 Å². The number of carbonyl (C=O) groups is 2. The first-order valence-electron chi connectivity index (χ1n) is 9.03. The zero-order chi connectivity index (χ0) is 22.5. The van der Waals surface area contributed by atoms with Crippen LogP contribution in [0, 0.1) is 6.92 Å². The van der Waals surface area contributed by atoms with Gasteiger partial charge >= 0.3 is 5.97 Å². The fraction of sp³-hybridized carbons (Fsp3) is 0.136. The summed E-state index contributed by atoms with van der Waals surface area (Å²) in [5, 5.41) is 12.0. The number of hydrogen-bond donors (Lipinski definition) is 2. The third-order valence-electron chi connectivity index (χ3n) is 4.34. The molecule has 0 saturated carbocycles. The van der Waals surface area contributed by atoms with Gasteiger partial charge in [-0.15, -0.1) is 0 Å². The van der Waals surface area contributed by atoms with Crippen LogP contribution in [0.15, 0.2) is 48.7 Å². The summed E-state index contributed by atoms with van der Waals surface area (Å²) in [5.41, 5.74) is 1.08. The summed E-state index contributed by atoms with van der Waals surface area (Å²) < 4.78 is 16.5. The second-order valence-electron chi connectivity index (χ2n) is 6.41. The Labute approximate surface area is 183 Å². The number of carboxylic acid groups (broad SMARTS) is 1. The van der Waals surface area contributed by atoms with E-state index in [-0.39, 0.29) is 17.0 Å². The van der Waals surface area contributed by atoms with Crippen molar-refractivity contribution in [2.45, 2.75) is 6.92 Å². The van der Waals surface area contributed by atoms with Crippen molar-refractivity contribution in [3.05, 3.63) is 70.5 Å². The molecule has 3 aromatic rings. The molecule has 1 amide bonds. The van der Waals surface area contributed by atoms with Crippen molar-refractivity contribution in [1.82, 2.24) is 4.98 Å². The maximum atomic E-state index is 12.9. The lowest BCUT2D eigenvalue weighted by Gasteiger charge is -2.16. The molecule has 1 heterocycles. The molecule has 2 N–H and O–H groups in total. The van der Waals surface area contributed by atoms with Gasteiger partial charge in [-0.2, -0.15) is 0 Å². The predicted molar refractivity (Wildman–Crippen MR) is 115 cm³/mol. The highest BCUT2D eigenvalue weighted by Gasteiger charge is 2.18. The number of aromatic nitrogens is 1. The van der Waals surface area contributed by atoms with Crippen molar-refractivity contribution in [3.8, 4) is 23.0 Å². The number of pyridine rings is 1. The highest BCUT2D eigenvalue weighted by molar-refractivity contribution is 6.32. The molecule has 0 atom stereocenters. The number of methoxy groups -OCH3 is 2. The number of ether oxygens (including phenoxy) is 3. The zero-order valence-corrected chi connectivity index (χ0v) is 17.7. The lowest BCUT2D eigenvalue weighted by molar-refractivity contribution is 0.0690. The van der Waals surface area contributed by atoms with Crippen LogP contribution in [-0.4, -0.2) is 36.2 Å². The fourth-order valence-corrected chi connectivity index (χ4v) is 2.85. The first kappa shape index (κ1) is 21.9. The Hall–Kier alpha value is -3.78. The second-order valence-corrected chi connectivity index (χ2v) is 6.81. The molecular weight excluding hydrogens is 424 g/mol. The third-order valence-corrected chi connectivity index (χ3v) is 4.74. The van der Waals surface area contributed by atoms with Gasteiger partial charge in [-0.3, -0.25) is 4.79 Å². The lowest BCUT2D eigenvalue weighted by atomic mass is 10.1. The van der Waals surface area contributed by atoms with Crippen LogP contribution in [0.25, 0.3) is 0 Å². The monoisotopic (exact) mass is 442 g/mol. The van der Waals surface area contributed by atoms with E-state index in [1.807, 2.05) is 0 Å². The largest absolute Gasteiger partial charge is 0.497 e. The number of aryl methyl sites for hydroxylation is 1. The summed E-state index contributed by atoms with van der Waals surface area (Å²) in [6.45, 7) is 1.79. The van der Waals surface area contributed by atoms with Gasteiger partial charge in [-0.05, 0) is 48.9 Å². The van der Waals surface area contributed by atoms with Gasteiger partial charge in [0, 0.05) is 11.1 Å². The Kier molecular flexibility index (Phi) is 6.61. The van der Waals surface area contributed by atoms with Crippen LogP contribution in [0.5, 0.6) is 23.0 Å². The molecule has 0 aliphatic heterocycles. The molecule has 0 fully saturated rings. The van der Waals surface area contributed by atoms with E-state index in [9.17, 15) is 9.59 Å². The number of hydrogen-bond acceptors (Lipinski definition) is 6. The Morgan fingerprint density at radius 2 is 1.77 bits per heavy atom. The molecule has 2 aromatic carbocycles. The van der Waals surface area contributed by atoms with Gasteiger partial charge in [0.25, 0.3) is 5.91 Å². The molecule has 0 aliphatic rings. The second kappa shape index (κ2) is 9.36. The standard InChI is InChI=1S/C22H19ClN2O6/c1-12-8-19(31-18-7-5-14(29-2)9-20(18)30-3)15(10-16(12)23)21(26)25-13-4-6-17(22(27)28)24-11-13/h4-11H,1-3H3,(H,25,26)(H,27,28). The number of nitrogens with zero attached hydrogens (tertiary/aromatic N) is 1. The lowest BCUT2D eigenvalue weighted by Crippen LogP contribution is -2.14. The predicted octanol–water partition coefficient (Wildman–Crippen LogP) is 4.80. The number of carbonyl (C=O) groups excluding carboxylic acids is 1. The van der Waals surface area contributed by atoms with E-state index in [1.54, 1.807) is 31.2 Å². The van der Waals surface area contributed by atoms with E-state index >= 15 is 0 Å². The van der Waals surface area contributed by atoms with Gasteiger partial charge in [0.15, 0.2) is 11.5 Å². The number of rotatable bonds is 7. The third kappa shape index (κ3) is 5.04. The van der Waals surface area contributed by atoms with E-state index in [0.717, 1.165) is 0 Å². The van der Waals surface area contributed by atoms with Gasteiger partial charge in [0.1, 0.15) is 17.2 Å². The van der Waals surface area contributed by atoms with Crippen LogP contribution >= 0.6 is 11.6 Å². The summed E-state index contributed by atoms with van der Waals surface area (Å²) in [6.07, 6.45) is 1.25. The SMILES string of the molecule is COc1ccc(Oc2cc(C)c(Cl)cc2C(=O)Nc2ccc(C(=O)O)nc2)c(OC)c1. The minimum atomic E-state index is -1.16. The van der Waals surface area contributed by atoms with Gasteiger partial charge < -0.3 is 24.6 Å². The average molecular weight is 443 g/mol. The fourth-order valence-electron chi connectivity index (χ4n) is 2.69. The van der Waals surface area contributed by atoms with Crippen molar-refractivity contribution in [2.24, 2.45) is 0 Å². The molecule has 0 aliphatic carbocycles. The molecule has 0 spiro atoms. The average Bonchev–Trinajstić information content (AvgIpc) is 2.76. The van der Waals surface area contributed by atoms with Crippen molar-refractivity contribution >= 4 is 29.2 Å². The number of benzene rings is 2. The molecule has 0 saturated heterocycles. The highest BCUT2D eigenvalue weighted by atomic mass is 35.5. The van der Waals surface area contributed by atoms with E-state index < -0.39 is 11.9 Å². The van der Waals surface area contributed by atoms with Crippen molar-refractivity contribution in [1.29, 1.82) is 0 Å². The molecule has 0 bridgehead atoms. The molecule has 1 aromatic heterocycles. The number of carboxylic acids is 1. The summed E-state index contributed by atoms with van der Waals surface area (Å²) in [4.78, 5) is 27.6. The van der Waals surface area contributed by atoms with Crippen LogP contribution in [0.1, 0.15) is 26.4 Å². The summed E-state index contributed by atoms with van der Waals surface area (Å²) >= 11 is 6.24. The molecule has 31 heavy (non-hydrogen) atoms. The summed E-state index contributed by atoms with van der Waals surface area (Å²) in [5.74, 6) is -0.00960. The van der Waals surface area contributed by atoms with E-state index in [1.165, 1.54) is 38.6 Å². The van der Waals surface area contributed by atoms with Crippen LogP contribution < -0.4 is 19.5 Å². The number of amides is 1.